The van der Waals surface area contributed by atoms with Gasteiger partial charge in [-0.1, -0.05) is 5.92 Å². The summed E-state index contributed by atoms with van der Waals surface area (Å²) in [5.41, 5.74) is 5.44. The van der Waals surface area contributed by atoms with Crippen LogP contribution in [0.1, 0.15) is 6.92 Å². The smallest absolute Gasteiger partial charge is 0.246 e. The van der Waals surface area contributed by atoms with Gasteiger partial charge in [-0.05, 0) is 6.92 Å². The van der Waals surface area contributed by atoms with E-state index in [9.17, 15) is 8.42 Å². The lowest BCUT2D eigenvalue weighted by molar-refractivity contribution is 0.586. The predicted octanol–water partition coefficient (Wildman–Crippen LogP) is -0.696. The quantitative estimate of drug-likeness (QED) is 0.670. The summed E-state index contributed by atoms with van der Waals surface area (Å²) in [6, 6.07) is 0. The Hall–Kier alpha value is -1.52. The lowest BCUT2D eigenvalue weighted by Crippen LogP contribution is -2.24. The Morgan fingerprint density at radius 3 is 2.80 bits per heavy atom. The van der Waals surface area contributed by atoms with Crippen LogP contribution in [0, 0.1) is 11.8 Å². The molecule has 0 saturated carbocycles. The van der Waals surface area contributed by atoms with Crippen molar-refractivity contribution in [1.82, 2.24) is 14.5 Å². The minimum absolute atomic E-state index is 0.0190. The van der Waals surface area contributed by atoms with Gasteiger partial charge in [0.1, 0.15) is 4.90 Å². The molecule has 0 bridgehead atoms. The predicted molar refractivity (Wildman–Crippen MR) is 56.3 cm³/mol. The molecule has 0 spiro atoms. The maximum Gasteiger partial charge on any atom is 0.246 e. The van der Waals surface area contributed by atoms with Crippen molar-refractivity contribution < 1.29 is 8.42 Å². The number of hydrogen-bond donors (Lipinski definition) is 2. The third-order valence-electron chi connectivity index (χ3n) is 1.64. The molecule has 0 saturated heterocycles. The monoisotopic (exact) mass is 228 g/mol. The maximum atomic E-state index is 11.6. The van der Waals surface area contributed by atoms with Crippen molar-refractivity contribution in [1.29, 1.82) is 0 Å². The number of anilines is 1. The molecular weight excluding hydrogens is 216 g/mol. The van der Waals surface area contributed by atoms with Gasteiger partial charge in [0.2, 0.25) is 10.0 Å². The molecule has 0 unspecified atom stereocenters. The van der Waals surface area contributed by atoms with Gasteiger partial charge in [-0.25, -0.2) is 8.42 Å². The van der Waals surface area contributed by atoms with Crippen LogP contribution in [0.4, 0.5) is 5.82 Å². The van der Waals surface area contributed by atoms with Crippen molar-refractivity contribution >= 4 is 15.8 Å². The van der Waals surface area contributed by atoms with Crippen LogP contribution in [0.2, 0.25) is 0 Å². The zero-order chi connectivity index (χ0) is 11.5. The molecule has 0 aliphatic carbocycles. The second kappa shape index (κ2) is 4.33. The van der Waals surface area contributed by atoms with Crippen LogP contribution in [0.15, 0.2) is 11.1 Å². The summed E-state index contributed by atoms with van der Waals surface area (Å²) in [6.07, 6.45) is 1.34. The Labute approximate surface area is 88.5 Å². The molecule has 0 aliphatic heterocycles. The lowest BCUT2D eigenvalue weighted by Gasteiger charge is -2.00. The fourth-order valence-electron chi connectivity index (χ4n) is 0.988. The summed E-state index contributed by atoms with van der Waals surface area (Å²) < 4.78 is 26.9. The van der Waals surface area contributed by atoms with Gasteiger partial charge in [0.25, 0.3) is 0 Å². The summed E-state index contributed by atoms with van der Waals surface area (Å²) in [5, 5.41) is 3.74. The standard InChI is InChI=1S/C8H12N4O2S/c1-3-4-5-10-15(13,14)7-6-12(2)11-8(7)9/h6,10H,5H2,1-2H3,(H2,9,11). The van der Waals surface area contributed by atoms with E-state index in [4.69, 9.17) is 5.73 Å². The third-order valence-corrected chi connectivity index (χ3v) is 3.06. The van der Waals surface area contributed by atoms with Crippen molar-refractivity contribution in [3.63, 3.8) is 0 Å². The van der Waals surface area contributed by atoms with E-state index in [2.05, 4.69) is 21.7 Å². The average Bonchev–Trinajstić information content (AvgIpc) is 2.46. The number of rotatable bonds is 3. The van der Waals surface area contributed by atoms with Gasteiger partial charge < -0.3 is 5.73 Å². The van der Waals surface area contributed by atoms with Gasteiger partial charge in [0, 0.05) is 13.2 Å². The highest BCUT2D eigenvalue weighted by molar-refractivity contribution is 7.89. The number of nitrogens with two attached hydrogens (primary N) is 1. The second-order valence-corrected chi connectivity index (χ2v) is 4.54. The Kier molecular flexibility index (Phi) is 3.34. The first kappa shape index (κ1) is 11.6. The molecule has 15 heavy (non-hydrogen) atoms. The van der Waals surface area contributed by atoms with Gasteiger partial charge in [0.15, 0.2) is 5.82 Å². The number of aromatic nitrogens is 2. The Morgan fingerprint density at radius 1 is 1.67 bits per heavy atom. The van der Waals surface area contributed by atoms with Crippen LogP contribution in [-0.2, 0) is 17.1 Å². The van der Waals surface area contributed by atoms with Crippen LogP contribution in [0.5, 0.6) is 0 Å². The first-order valence-electron chi connectivity index (χ1n) is 4.16. The number of aryl methyl sites for hydroxylation is 1. The van der Waals surface area contributed by atoms with Gasteiger partial charge in [-0.15, -0.1) is 5.92 Å². The summed E-state index contributed by atoms with van der Waals surface area (Å²) in [6.45, 7) is 1.69. The van der Waals surface area contributed by atoms with E-state index in [0.717, 1.165) is 0 Å². The third kappa shape index (κ3) is 2.71. The van der Waals surface area contributed by atoms with E-state index in [1.807, 2.05) is 0 Å². The summed E-state index contributed by atoms with van der Waals surface area (Å²) in [4.78, 5) is -0.0251. The minimum atomic E-state index is -3.60. The topological polar surface area (TPSA) is 90.0 Å². The molecule has 1 aromatic rings. The zero-order valence-corrected chi connectivity index (χ0v) is 9.30. The number of nitrogens with zero attached hydrogens (tertiary/aromatic N) is 2. The van der Waals surface area contributed by atoms with Crippen LogP contribution < -0.4 is 10.5 Å². The first-order valence-corrected chi connectivity index (χ1v) is 5.64. The van der Waals surface area contributed by atoms with E-state index in [1.54, 1.807) is 14.0 Å². The van der Waals surface area contributed by atoms with Gasteiger partial charge in [-0.3, -0.25) is 4.68 Å². The van der Waals surface area contributed by atoms with Crippen molar-refractivity contribution in [2.24, 2.45) is 7.05 Å². The minimum Gasteiger partial charge on any atom is -0.381 e. The summed E-state index contributed by atoms with van der Waals surface area (Å²) >= 11 is 0. The lowest BCUT2D eigenvalue weighted by atomic mass is 10.6. The van der Waals surface area contributed by atoms with E-state index < -0.39 is 10.0 Å². The number of hydrogen-bond acceptors (Lipinski definition) is 4. The molecule has 7 heteroatoms. The molecule has 0 fully saturated rings. The Bertz CT molecular complexity index is 506. The van der Waals surface area contributed by atoms with Crippen molar-refractivity contribution in [2.75, 3.05) is 12.3 Å². The summed E-state index contributed by atoms with van der Waals surface area (Å²) in [5.74, 6) is 5.16. The highest BCUT2D eigenvalue weighted by Crippen LogP contribution is 2.14. The van der Waals surface area contributed by atoms with E-state index in [1.165, 1.54) is 10.9 Å². The molecule has 3 N–H and O–H groups in total. The Morgan fingerprint density at radius 2 is 2.33 bits per heavy atom. The first-order chi connectivity index (χ1) is 6.97. The fraction of sp³-hybridized carbons (Fsp3) is 0.375. The molecule has 0 aliphatic rings. The molecule has 1 aromatic heterocycles. The molecule has 82 valence electrons. The van der Waals surface area contributed by atoms with Gasteiger partial charge >= 0.3 is 0 Å². The number of sulfonamides is 1. The van der Waals surface area contributed by atoms with Crippen LogP contribution >= 0.6 is 0 Å². The molecule has 6 nitrogen and oxygen atoms in total. The van der Waals surface area contributed by atoms with Gasteiger partial charge in [0.05, 0.1) is 6.54 Å². The molecule has 0 aromatic carbocycles. The maximum absolute atomic E-state index is 11.6. The highest BCUT2D eigenvalue weighted by atomic mass is 32.2. The number of nitrogen functional groups attached to an aromatic ring is 1. The average molecular weight is 228 g/mol. The zero-order valence-electron chi connectivity index (χ0n) is 8.48. The molecular formula is C8H12N4O2S. The van der Waals surface area contributed by atoms with E-state index >= 15 is 0 Å². The van der Waals surface area contributed by atoms with E-state index in [0.29, 0.717) is 0 Å². The molecule has 0 atom stereocenters. The molecule has 0 amide bonds. The number of nitrogens with one attached hydrogen (secondary N) is 1. The molecule has 1 rings (SSSR count). The summed E-state index contributed by atoms with van der Waals surface area (Å²) in [7, 11) is -2.00. The second-order valence-electron chi connectivity index (χ2n) is 2.80. The normalized spacial score (nSPS) is 10.8. The van der Waals surface area contributed by atoms with Crippen molar-refractivity contribution in [3.8, 4) is 11.8 Å². The Balaban J connectivity index is 2.94. The van der Waals surface area contributed by atoms with Crippen LogP contribution in [0.3, 0.4) is 0 Å². The van der Waals surface area contributed by atoms with Crippen molar-refractivity contribution in [3.05, 3.63) is 6.20 Å². The van der Waals surface area contributed by atoms with Gasteiger partial charge in [-0.2, -0.15) is 9.82 Å². The SMILES string of the molecule is CC#CCNS(=O)(=O)c1cn(C)nc1N. The van der Waals surface area contributed by atoms with Crippen LogP contribution in [0.25, 0.3) is 0 Å². The van der Waals surface area contributed by atoms with Crippen molar-refractivity contribution in [2.45, 2.75) is 11.8 Å². The molecule has 0 radical (unpaired) electrons. The van der Waals surface area contributed by atoms with Crippen LogP contribution in [-0.4, -0.2) is 24.7 Å². The van der Waals surface area contributed by atoms with E-state index in [-0.39, 0.29) is 17.3 Å². The largest absolute Gasteiger partial charge is 0.381 e. The fourth-order valence-corrected chi connectivity index (χ4v) is 2.01. The highest BCUT2D eigenvalue weighted by Gasteiger charge is 2.19. The molecule has 1 heterocycles.